The molecule has 0 saturated carbocycles. The Hall–Kier alpha value is -2.16. The number of carbonyl (C=O) groups is 1. The average molecular weight is 364 g/mol. The first kappa shape index (κ1) is 17.7. The molecule has 2 aromatic rings. The quantitative estimate of drug-likeness (QED) is 0.874. The van der Waals surface area contributed by atoms with Crippen molar-refractivity contribution in [2.45, 2.75) is 17.9 Å². The van der Waals surface area contributed by atoms with Gasteiger partial charge in [-0.2, -0.15) is 4.31 Å². The third kappa shape index (κ3) is 3.92. The smallest absolute Gasteiger partial charge is 0.251 e. The van der Waals surface area contributed by atoms with Gasteiger partial charge in [-0.1, -0.05) is 0 Å². The van der Waals surface area contributed by atoms with E-state index >= 15 is 0 Å². The number of sulfonamides is 1. The van der Waals surface area contributed by atoms with E-state index in [1.807, 2.05) is 6.92 Å². The van der Waals surface area contributed by atoms with Crippen molar-refractivity contribution in [2.75, 3.05) is 26.3 Å². The van der Waals surface area contributed by atoms with E-state index in [-0.39, 0.29) is 16.8 Å². The van der Waals surface area contributed by atoms with E-state index in [9.17, 15) is 13.2 Å². The molecule has 2 heterocycles. The number of morpholine rings is 1. The molecule has 25 heavy (non-hydrogen) atoms. The van der Waals surface area contributed by atoms with E-state index in [0.29, 0.717) is 37.6 Å². The lowest BCUT2D eigenvalue weighted by molar-refractivity contribution is 0.0730. The van der Waals surface area contributed by atoms with Gasteiger partial charge in [0, 0.05) is 18.7 Å². The number of rotatable bonds is 5. The largest absolute Gasteiger partial charge is 0.467 e. The van der Waals surface area contributed by atoms with Crippen LogP contribution >= 0.6 is 0 Å². The van der Waals surface area contributed by atoms with Gasteiger partial charge in [-0.15, -0.1) is 0 Å². The zero-order chi connectivity index (χ0) is 17.9. The standard InChI is InChI=1S/C17H20N2O5S/c1-13(16-3-2-10-24-16)18-17(20)14-4-6-15(7-5-14)25(21,22)19-8-11-23-12-9-19/h2-7,10,13H,8-9,11-12H2,1H3,(H,18,20)/t13-/m1/s1. The van der Waals surface area contributed by atoms with E-state index in [1.165, 1.54) is 28.6 Å². The maximum absolute atomic E-state index is 12.6. The van der Waals surface area contributed by atoms with Crippen LogP contribution in [0.4, 0.5) is 0 Å². The molecule has 134 valence electrons. The van der Waals surface area contributed by atoms with Crippen molar-refractivity contribution in [3.05, 3.63) is 54.0 Å². The molecule has 0 aliphatic carbocycles. The Bertz CT molecular complexity index is 809. The Morgan fingerprint density at radius 1 is 1.16 bits per heavy atom. The first-order valence-corrected chi connectivity index (χ1v) is 9.45. The van der Waals surface area contributed by atoms with Gasteiger partial charge in [0.25, 0.3) is 5.91 Å². The number of nitrogens with zero attached hydrogens (tertiary/aromatic N) is 1. The monoisotopic (exact) mass is 364 g/mol. The van der Waals surface area contributed by atoms with Gasteiger partial charge in [0.05, 0.1) is 30.4 Å². The number of furan rings is 1. The molecular formula is C17H20N2O5S. The van der Waals surface area contributed by atoms with Crippen molar-refractivity contribution in [3.63, 3.8) is 0 Å². The van der Waals surface area contributed by atoms with Crippen LogP contribution in [0, 0.1) is 0 Å². The minimum atomic E-state index is -3.56. The fourth-order valence-corrected chi connectivity index (χ4v) is 4.01. The highest BCUT2D eigenvalue weighted by Crippen LogP contribution is 2.18. The molecule has 3 rings (SSSR count). The molecule has 0 unspecified atom stereocenters. The number of carbonyl (C=O) groups excluding carboxylic acids is 1. The van der Waals surface area contributed by atoms with Gasteiger partial charge in [0.1, 0.15) is 5.76 Å². The van der Waals surface area contributed by atoms with Crippen LogP contribution in [-0.4, -0.2) is 44.9 Å². The highest BCUT2D eigenvalue weighted by atomic mass is 32.2. The summed E-state index contributed by atoms with van der Waals surface area (Å²) in [5, 5.41) is 2.81. The van der Waals surface area contributed by atoms with Gasteiger partial charge in [-0.3, -0.25) is 4.79 Å². The summed E-state index contributed by atoms with van der Waals surface area (Å²) in [5.41, 5.74) is 0.388. The average Bonchev–Trinajstić information content (AvgIpc) is 3.17. The minimum Gasteiger partial charge on any atom is -0.467 e. The molecule has 1 atom stereocenters. The number of benzene rings is 1. The maximum atomic E-state index is 12.6. The Morgan fingerprint density at radius 2 is 1.84 bits per heavy atom. The fourth-order valence-electron chi connectivity index (χ4n) is 2.60. The Labute approximate surface area is 146 Å². The lowest BCUT2D eigenvalue weighted by atomic mass is 10.2. The van der Waals surface area contributed by atoms with Crippen LogP contribution in [0.5, 0.6) is 0 Å². The van der Waals surface area contributed by atoms with Crippen molar-refractivity contribution < 1.29 is 22.4 Å². The summed E-state index contributed by atoms with van der Waals surface area (Å²) in [7, 11) is -3.56. The van der Waals surface area contributed by atoms with E-state index < -0.39 is 10.0 Å². The third-order valence-corrected chi connectivity index (χ3v) is 5.95. The van der Waals surface area contributed by atoms with Gasteiger partial charge < -0.3 is 14.5 Å². The number of nitrogens with one attached hydrogen (secondary N) is 1. The summed E-state index contributed by atoms with van der Waals surface area (Å²) < 4.78 is 36.9. The second kappa shape index (κ2) is 7.38. The second-order valence-corrected chi connectivity index (χ2v) is 7.69. The SMILES string of the molecule is C[C@@H](NC(=O)c1ccc(S(=O)(=O)N2CCOCC2)cc1)c1ccco1. The summed E-state index contributed by atoms with van der Waals surface area (Å²) >= 11 is 0. The second-order valence-electron chi connectivity index (χ2n) is 5.75. The fraction of sp³-hybridized carbons (Fsp3) is 0.353. The molecule has 1 aromatic heterocycles. The van der Waals surface area contributed by atoms with Crippen LogP contribution < -0.4 is 5.32 Å². The highest BCUT2D eigenvalue weighted by molar-refractivity contribution is 7.89. The highest BCUT2D eigenvalue weighted by Gasteiger charge is 2.26. The Morgan fingerprint density at radius 3 is 2.44 bits per heavy atom. The van der Waals surface area contributed by atoms with Crippen molar-refractivity contribution in [1.29, 1.82) is 0 Å². The Kier molecular flexibility index (Phi) is 5.22. The molecule has 7 nitrogen and oxygen atoms in total. The summed E-state index contributed by atoms with van der Waals surface area (Å²) in [6.07, 6.45) is 1.54. The molecule has 1 aliphatic heterocycles. The van der Waals surface area contributed by atoms with Crippen LogP contribution in [0.15, 0.2) is 52.0 Å². The van der Waals surface area contributed by atoms with Gasteiger partial charge in [0.2, 0.25) is 10.0 Å². The summed E-state index contributed by atoms with van der Waals surface area (Å²) in [4.78, 5) is 12.5. The molecule has 1 N–H and O–H groups in total. The first-order valence-electron chi connectivity index (χ1n) is 8.01. The van der Waals surface area contributed by atoms with Gasteiger partial charge in [-0.25, -0.2) is 8.42 Å². The minimum absolute atomic E-state index is 0.171. The van der Waals surface area contributed by atoms with Crippen LogP contribution in [0.2, 0.25) is 0 Å². The normalized spacial score (nSPS) is 17.2. The number of hydrogen-bond donors (Lipinski definition) is 1. The molecule has 1 fully saturated rings. The molecular weight excluding hydrogens is 344 g/mol. The molecule has 0 bridgehead atoms. The molecule has 0 radical (unpaired) electrons. The lowest BCUT2D eigenvalue weighted by Crippen LogP contribution is -2.40. The summed E-state index contributed by atoms with van der Waals surface area (Å²) in [6, 6.07) is 9.19. The number of ether oxygens (including phenoxy) is 1. The van der Waals surface area contributed by atoms with Crippen LogP contribution in [0.3, 0.4) is 0 Å². The van der Waals surface area contributed by atoms with Gasteiger partial charge >= 0.3 is 0 Å². The zero-order valence-corrected chi connectivity index (χ0v) is 14.7. The van der Waals surface area contributed by atoms with Crippen LogP contribution in [0.25, 0.3) is 0 Å². The molecule has 1 amide bonds. The van der Waals surface area contributed by atoms with Gasteiger partial charge in [-0.05, 0) is 43.3 Å². The Balaban J connectivity index is 1.70. The zero-order valence-electron chi connectivity index (χ0n) is 13.8. The molecule has 8 heteroatoms. The van der Waals surface area contributed by atoms with Crippen LogP contribution in [-0.2, 0) is 14.8 Å². The van der Waals surface area contributed by atoms with Crippen LogP contribution in [0.1, 0.15) is 29.1 Å². The van der Waals surface area contributed by atoms with Gasteiger partial charge in [0.15, 0.2) is 0 Å². The predicted molar refractivity (Wildman–Crippen MR) is 90.6 cm³/mol. The van der Waals surface area contributed by atoms with Crippen molar-refractivity contribution >= 4 is 15.9 Å². The number of hydrogen-bond acceptors (Lipinski definition) is 5. The summed E-state index contributed by atoms with van der Waals surface area (Å²) in [6.45, 7) is 3.28. The van der Waals surface area contributed by atoms with E-state index in [1.54, 1.807) is 18.4 Å². The van der Waals surface area contributed by atoms with Crippen molar-refractivity contribution in [1.82, 2.24) is 9.62 Å². The molecule has 1 saturated heterocycles. The van der Waals surface area contributed by atoms with Crippen molar-refractivity contribution in [3.8, 4) is 0 Å². The predicted octanol–water partition coefficient (Wildman–Crippen LogP) is 1.79. The summed E-state index contributed by atoms with van der Waals surface area (Å²) in [5.74, 6) is 0.360. The van der Waals surface area contributed by atoms with Crippen molar-refractivity contribution in [2.24, 2.45) is 0 Å². The lowest BCUT2D eigenvalue weighted by Gasteiger charge is -2.26. The molecule has 0 spiro atoms. The number of amides is 1. The maximum Gasteiger partial charge on any atom is 0.251 e. The first-order chi connectivity index (χ1) is 12.0. The molecule has 1 aliphatic rings. The van der Waals surface area contributed by atoms with E-state index in [0.717, 1.165) is 0 Å². The topological polar surface area (TPSA) is 88.9 Å². The third-order valence-electron chi connectivity index (χ3n) is 4.04. The van der Waals surface area contributed by atoms with E-state index in [2.05, 4.69) is 5.32 Å². The van der Waals surface area contributed by atoms with E-state index in [4.69, 9.17) is 9.15 Å². The molecule has 1 aromatic carbocycles.